The minimum Gasteiger partial charge on any atom is -0.369 e. The maximum Gasteiger partial charge on any atom is 0.230 e. The molecule has 0 fully saturated rings. The van der Waals surface area contributed by atoms with E-state index in [1.807, 2.05) is 10.6 Å². The molecule has 2 aromatic rings. The number of nitrogens with zero attached hydrogens (tertiary/aromatic N) is 3. The first-order valence-electron chi connectivity index (χ1n) is 7.14. The summed E-state index contributed by atoms with van der Waals surface area (Å²) in [6.45, 7) is 6.64. The van der Waals surface area contributed by atoms with Crippen LogP contribution in [0.1, 0.15) is 20.8 Å². The van der Waals surface area contributed by atoms with Gasteiger partial charge in [-0.15, -0.1) is 10.2 Å². The summed E-state index contributed by atoms with van der Waals surface area (Å²) in [5.74, 6) is 0.638. The lowest BCUT2D eigenvalue weighted by molar-refractivity contribution is -0.117. The third kappa shape index (κ3) is 4.40. The molecule has 8 heteroatoms. The molecule has 23 heavy (non-hydrogen) atoms. The molecule has 0 aliphatic rings. The van der Waals surface area contributed by atoms with Crippen LogP contribution in [-0.4, -0.2) is 25.9 Å². The first-order valence-corrected chi connectivity index (χ1v) is 8.77. The van der Waals surface area contributed by atoms with E-state index in [9.17, 15) is 4.79 Å². The van der Waals surface area contributed by atoms with Gasteiger partial charge in [0.05, 0.1) is 10.3 Å². The Labute approximate surface area is 149 Å². The fourth-order valence-corrected chi connectivity index (χ4v) is 3.29. The number of hydrogen-bond donors (Lipinski definition) is 1. The molecule has 124 valence electrons. The van der Waals surface area contributed by atoms with E-state index in [1.54, 1.807) is 19.1 Å². The zero-order chi connectivity index (χ0) is 17.1. The molecule has 0 saturated carbocycles. The summed E-state index contributed by atoms with van der Waals surface area (Å²) in [4.78, 5) is 11.3. The molecule has 1 unspecified atom stereocenters. The molecule has 0 aliphatic heterocycles. The van der Waals surface area contributed by atoms with Crippen molar-refractivity contribution in [2.45, 2.75) is 37.7 Å². The fourth-order valence-electron chi connectivity index (χ4n) is 1.99. The normalized spacial score (nSPS) is 12.6. The van der Waals surface area contributed by atoms with Gasteiger partial charge >= 0.3 is 0 Å². The lowest BCUT2D eigenvalue weighted by atomic mass is 10.2. The largest absolute Gasteiger partial charge is 0.369 e. The molecular weight excluding hydrogens is 355 g/mol. The molecule has 1 aromatic heterocycles. The molecule has 1 heterocycles. The number of benzene rings is 1. The van der Waals surface area contributed by atoms with Gasteiger partial charge in [0.25, 0.3) is 0 Å². The lowest BCUT2D eigenvalue weighted by Crippen LogP contribution is -2.23. The van der Waals surface area contributed by atoms with E-state index in [2.05, 4.69) is 24.0 Å². The highest BCUT2D eigenvalue weighted by Gasteiger charge is 2.21. The topological polar surface area (TPSA) is 73.8 Å². The zero-order valence-corrected chi connectivity index (χ0v) is 15.4. The Bertz CT molecular complexity index is 717. The molecule has 5 nitrogen and oxygen atoms in total. The third-order valence-electron chi connectivity index (χ3n) is 3.12. The maximum absolute atomic E-state index is 11.3. The second kappa shape index (κ2) is 7.55. The van der Waals surface area contributed by atoms with Gasteiger partial charge in [0, 0.05) is 17.1 Å². The summed E-state index contributed by atoms with van der Waals surface area (Å²) < 4.78 is 1.96. The zero-order valence-electron chi connectivity index (χ0n) is 13.1. The van der Waals surface area contributed by atoms with Crippen LogP contribution in [0.15, 0.2) is 23.4 Å². The van der Waals surface area contributed by atoms with Gasteiger partial charge in [0.2, 0.25) is 5.91 Å². The summed E-state index contributed by atoms with van der Waals surface area (Å²) in [7, 11) is 0. The van der Waals surface area contributed by atoms with Gasteiger partial charge < -0.3 is 10.3 Å². The van der Waals surface area contributed by atoms with E-state index in [0.717, 1.165) is 5.56 Å². The van der Waals surface area contributed by atoms with Gasteiger partial charge in [-0.2, -0.15) is 0 Å². The number of nitrogens with two attached hydrogens (primary N) is 1. The Kier molecular flexibility index (Phi) is 5.95. The van der Waals surface area contributed by atoms with Crippen LogP contribution in [0.2, 0.25) is 10.0 Å². The second-order valence-electron chi connectivity index (χ2n) is 5.60. The first kappa shape index (κ1) is 18.1. The van der Waals surface area contributed by atoms with Gasteiger partial charge in [-0.05, 0) is 31.0 Å². The second-order valence-corrected chi connectivity index (χ2v) is 7.75. The standard InChI is InChI=1S/C15H18Cl2N4OS/c1-8(2)7-21-14(11-5-4-10(16)6-12(11)17)19-20-15(21)23-9(3)13(18)22/h4-6,8-9H,7H2,1-3H3,(H2,18,22). The molecule has 0 saturated heterocycles. The predicted molar refractivity (Wildman–Crippen MR) is 94.8 cm³/mol. The molecular formula is C15H18Cl2N4OS. The summed E-state index contributed by atoms with van der Waals surface area (Å²) in [6, 6.07) is 5.25. The smallest absolute Gasteiger partial charge is 0.230 e. The van der Waals surface area contributed by atoms with Gasteiger partial charge in [-0.3, -0.25) is 4.79 Å². The molecule has 1 aromatic carbocycles. The Balaban J connectivity index is 2.47. The van der Waals surface area contributed by atoms with Crippen LogP contribution in [0.3, 0.4) is 0 Å². The van der Waals surface area contributed by atoms with Crippen molar-refractivity contribution in [1.29, 1.82) is 0 Å². The predicted octanol–water partition coefficient (Wildman–Crippen LogP) is 3.87. The van der Waals surface area contributed by atoms with Crippen molar-refractivity contribution in [3.63, 3.8) is 0 Å². The van der Waals surface area contributed by atoms with E-state index in [0.29, 0.717) is 33.5 Å². The average Bonchev–Trinajstić information content (AvgIpc) is 2.81. The highest BCUT2D eigenvalue weighted by Crippen LogP contribution is 2.32. The van der Waals surface area contributed by atoms with Crippen LogP contribution >= 0.6 is 35.0 Å². The summed E-state index contributed by atoms with van der Waals surface area (Å²) >= 11 is 13.5. The minimum atomic E-state index is -0.390. The van der Waals surface area contributed by atoms with Gasteiger partial charge in [-0.25, -0.2) is 0 Å². The van der Waals surface area contributed by atoms with E-state index in [-0.39, 0.29) is 5.91 Å². The van der Waals surface area contributed by atoms with Gasteiger partial charge in [-0.1, -0.05) is 48.8 Å². The van der Waals surface area contributed by atoms with Crippen molar-refractivity contribution in [3.8, 4) is 11.4 Å². The number of amides is 1. The number of carbonyl (C=O) groups is 1. The lowest BCUT2D eigenvalue weighted by Gasteiger charge is -2.14. The van der Waals surface area contributed by atoms with Crippen molar-refractivity contribution in [3.05, 3.63) is 28.2 Å². The molecule has 0 spiro atoms. The number of thioether (sulfide) groups is 1. The summed E-state index contributed by atoms with van der Waals surface area (Å²) in [5, 5.41) is 9.79. The Hall–Kier alpha value is -1.24. The quantitative estimate of drug-likeness (QED) is 0.780. The van der Waals surface area contributed by atoms with Gasteiger partial charge in [0.15, 0.2) is 11.0 Å². The van der Waals surface area contributed by atoms with Crippen molar-refractivity contribution >= 4 is 40.9 Å². The number of aromatic nitrogens is 3. The summed E-state index contributed by atoms with van der Waals surface area (Å²) in [5.41, 5.74) is 6.09. The van der Waals surface area contributed by atoms with Crippen molar-refractivity contribution in [2.24, 2.45) is 11.7 Å². The minimum absolute atomic E-state index is 0.374. The number of primary amides is 1. The van der Waals surface area contributed by atoms with Crippen molar-refractivity contribution in [1.82, 2.24) is 14.8 Å². The number of rotatable bonds is 6. The molecule has 2 rings (SSSR count). The SMILES string of the molecule is CC(C)Cn1c(SC(C)C(N)=O)nnc1-c1ccc(Cl)cc1Cl. The molecule has 0 radical (unpaired) electrons. The van der Waals surface area contributed by atoms with Crippen molar-refractivity contribution < 1.29 is 4.79 Å². The van der Waals surface area contributed by atoms with E-state index < -0.39 is 5.25 Å². The number of carbonyl (C=O) groups excluding carboxylic acids is 1. The Morgan fingerprint density at radius 2 is 2.00 bits per heavy atom. The van der Waals surface area contributed by atoms with Gasteiger partial charge in [0.1, 0.15) is 0 Å². The highest BCUT2D eigenvalue weighted by atomic mass is 35.5. The van der Waals surface area contributed by atoms with Crippen LogP contribution < -0.4 is 5.73 Å². The van der Waals surface area contributed by atoms with Crippen LogP contribution in [0, 0.1) is 5.92 Å². The molecule has 2 N–H and O–H groups in total. The Morgan fingerprint density at radius 3 is 2.57 bits per heavy atom. The summed E-state index contributed by atoms with van der Waals surface area (Å²) in [6.07, 6.45) is 0. The van der Waals surface area contributed by atoms with Crippen LogP contribution in [-0.2, 0) is 11.3 Å². The molecule has 1 amide bonds. The van der Waals surface area contributed by atoms with Crippen LogP contribution in [0.4, 0.5) is 0 Å². The molecule has 0 aliphatic carbocycles. The maximum atomic E-state index is 11.3. The van der Waals surface area contributed by atoms with Crippen LogP contribution in [0.5, 0.6) is 0 Å². The van der Waals surface area contributed by atoms with Crippen molar-refractivity contribution in [2.75, 3.05) is 0 Å². The average molecular weight is 373 g/mol. The molecule has 0 bridgehead atoms. The van der Waals surface area contributed by atoms with E-state index >= 15 is 0 Å². The Morgan fingerprint density at radius 1 is 1.30 bits per heavy atom. The monoisotopic (exact) mass is 372 g/mol. The number of hydrogen-bond acceptors (Lipinski definition) is 4. The third-order valence-corrected chi connectivity index (χ3v) is 4.77. The molecule has 1 atom stereocenters. The van der Waals surface area contributed by atoms with Crippen LogP contribution in [0.25, 0.3) is 11.4 Å². The highest BCUT2D eigenvalue weighted by molar-refractivity contribution is 8.00. The van der Waals surface area contributed by atoms with E-state index in [1.165, 1.54) is 11.8 Å². The fraction of sp³-hybridized carbons (Fsp3) is 0.400. The van der Waals surface area contributed by atoms with E-state index in [4.69, 9.17) is 28.9 Å². The number of halogens is 2. The first-order chi connectivity index (χ1) is 10.8.